The summed E-state index contributed by atoms with van der Waals surface area (Å²) < 4.78 is 73.9. The number of carbonyl (C=O) groups excluding carboxylic acids is 2. The Morgan fingerprint density at radius 3 is 1.68 bits per heavy atom. The first-order valence-electron chi connectivity index (χ1n) is 13.9. The monoisotopic (exact) mass is 716 g/mol. The molecule has 0 saturated heterocycles. The van der Waals surface area contributed by atoms with Gasteiger partial charge in [0.25, 0.3) is 0 Å². The second-order valence-corrected chi connectivity index (χ2v) is 13.7. The molecule has 4 rings (SSSR count). The topological polar surface area (TPSA) is 168 Å². The normalized spacial score (nSPS) is 12.7. The Morgan fingerprint density at radius 2 is 1.28 bits per heavy atom. The third-order valence-electron chi connectivity index (χ3n) is 6.00. The highest BCUT2D eigenvalue weighted by Crippen LogP contribution is 2.35. The second-order valence-electron chi connectivity index (χ2n) is 9.66. The van der Waals surface area contributed by atoms with E-state index >= 15 is 0 Å². The van der Waals surface area contributed by atoms with E-state index in [2.05, 4.69) is 24.1 Å². The molecule has 2 atom stereocenters. The number of rotatable bonds is 12. The highest BCUT2D eigenvalue weighted by molar-refractivity contribution is 7.88. The molecule has 0 spiro atoms. The highest BCUT2D eigenvalue weighted by Gasteiger charge is 2.48. The fraction of sp³-hybridized carbons (Fsp3) is 0.379. The number of nitrogens with zero attached hydrogens (tertiary/aromatic N) is 4. The third kappa shape index (κ3) is 11.0. The maximum Gasteiger partial charge on any atom is 0.534 e. The summed E-state index contributed by atoms with van der Waals surface area (Å²) in [5.41, 5.74) is -4.54. The van der Waals surface area contributed by atoms with Gasteiger partial charge >= 0.3 is 27.6 Å². The maximum absolute atomic E-state index is 12.5. The average molecular weight is 717 g/mol. The summed E-state index contributed by atoms with van der Waals surface area (Å²) in [6, 6.07) is 2.69. The molecule has 0 saturated carbocycles. The van der Waals surface area contributed by atoms with Crippen molar-refractivity contribution in [1.29, 1.82) is 0 Å². The molecule has 0 aromatic carbocycles. The van der Waals surface area contributed by atoms with Gasteiger partial charge in [-0.1, -0.05) is 0 Å². The molecule has 47 heavy (non-hydrogen) atoms. The fourth-order valence-corrected chi connectivity index (χ4v) is 6.26. The Kier molecular flexibility index (Phi) is 13.2. The van der Waals surface area contributed by atoms with E-state index in [4.69, 9.17) is 9.47 Å². The predicted molar refractivity (Wildman–Crippen MR) is 166 cm³/mol. The Bertz CT molecular complexity index is 1760. The molecule has 0 aliphatic heterocycles. The summed E-state index contributed by atoms with van der Waals surface area (Å²) in [5.74, 6) is -2.28. The molecule has 0 bridgehead atoms. The number of carbonyl (C=O) groups is 2. The van der Waals surface area contributed by atoms with E-state index < -0.39 is 33.3 Å². The van der Waals surface area contributed by atoms with Gasteiger partial charge in [-0.25, -0.2) is 9.97 Å². The van der Waals surface area contributed by atoms with Crippen LogP contribution in [0, 0.1) is 13.8 Å². The Morgan fingerprint density at radius 1 is 0.809 bits per heavy atom. The molecule has 4 aromatic heterocycles. The zero-order valence-corrected chi connectivity index (χ0v) is 28.0. The summed E-state index contributed by atoms with van der Waals surface area (Å²) in [6.45, 7) is 7.68. The SMILES string of the molecule is CCOC(=O)CC(c1cncc(O)c1)c1ncc(C)s1.CCOC(=O)CC(c1cncc(OS(=O)(=O)C(F)(F)F)c1)c1ncc(C)s1. The van der Waals surface area contributed by atoms with Crippen LogP contribution in [0.4, 0.5) is 13.2 Å². The van der Waals surface area contributed by atoms with Crippen LogP contribution in [0.1, 0.15) is 69.4 Å². The van der Waals surface area contributed by atoms with Gasteiger partial charge < -0.3 is 18.8 Å². The van der Waals surface area contributed by atoms with Crippen molar-refractivity contribution in [1.82, 2.24) is 19.9 Å². The number of ether oxygens (including phenoxy) is 2. The van der Waals surface area contributed by atoms with Crippen molar-refractivity contribution >= 4 is 44.7 Å². The number of pyridine rings is 2. The molecular weight excluding hydrogens is 686 g/mol. The van der Waals surface area contributed by atoms with Crippen LogP contribution in [0.15, 0.2) is 49.3 Å². The molecular formula is C29H31F3N4O8S3. The smallest absolute Gasteiger partial charge is 0.506 e. The number of hydrogen-bond donors (Lipinski definition) is 1. The predicted octanol–water partition coefficient (Wildman–Crippen LogP) is 5.80. The zero-order chi connectivity index (χ0) is 34.8. The number of thiazole rings is 2. The van der Waals surface area contributed by atoms with E-state index in [1.807, 2.05) is 6.92 Å². The molecule has 0 aliphatic carbocycles. The first-order chi connectivity index (χ1) is 22.1. The van der Waals surface area contributed by atoms with E-state index in [1.165, 1.54) is 35.1 Å². The third-order valence-corrected chi connectivity index (χ3v) is 9.03. The van der Waals surface area contributed by atoms with Gasteiger partial charge in [0.1, 0.15) is 15.8 Å². The quantitative estimate of drug-likeness (QED) is 0.107. The molecule has 0 radical (unpaired) electrons. The lowest BCUT2D eigenvalue weighted by atomic mass is 9.98. The maximum atomic E-state index is 12.5. The van der Waals surface area contributed by atoms with Gasteiger partial charge in [0.05, 0.1) is 38.4 Å². The van der Waals surface area contributed by atoms with Crippen molar-refractivity contribution in [3.05, 3.63) is 80.2 Å². The zero-order valence-electron chi connectivity index (χ0n) is 25.6. The molecule has 254 valence electrons. The Balaban J connectivity index is 0.000000267. The van der Waals surface area contributed by atoms with Crippen molar-refractivity contribution in [3.8, 4) is 11.5 Å². The Labute approximate surface area is 276 Å². The summed E-state index contributed by atoms with van der Waals surface area (Å²) >= 11 is 2.82. The largest absolute Gasteiger partial charge is 0.534 e. The molecule has 0 aliphatic rings. The van der Waals surface area contributed by atoms with Gasteiger partial charge in [-0.05, 0) is 51.0 Å². The van der Waals surface area contributed by atoms with E-state index in [0.717, 1.165) is 32.6 Å². The number of aromatic nitrogens is 4. The van der Waals surface area contributed by atoms with E-state index in [1.54, 1.807) is 45.4 Å². The van der Waals surface area contributed by atoms with Crippen LogP contribution in [-0.4, -0.2) is 64.1 Å². The van der Waals surface area contributed by atoms with Crippen molar-refractivity contribution in [2.45, 2.75) is 57.9 Å². The van der Waals surface area contributed by atoms with Crippen molar-refractivity contribution in [3.63, 3.8) is 0 Å². The summed E-state index contributed by atoms with van der Waals surface area (Å²) in [6.07, 6.45) is 8.53. The van der Waals surface area contributed by atoms with Crippen molar-refractivity contribution in [2.24, 2.45) is 0 Å². The van der Waals surface area contributed by atoms with Crippen LogP contribution in [-0.2, 0) is 29.2 Å². The van der Waals surface area contributed by atoms with Crippen LogP contribution in [0.2, 0.25) is 0 Å². The highest BCUT2D eigenvalue weighted by atomic mass is 32.2. The number of esters is 2. The second kappa shape index (κ2) is 16.6. The van der Waals surface area contributed by atoms with Crippen molar-refractivity contribution < 1.29 is 49.9 Å². The summed E-state index contributed by atoms with van der Waals surface area (Å²) in [5, 5.41) is 10.9. The van der Waals surface area contributed by atoms with E-state index in [-0.39, 0.29) is 42.6 Å². The van der Waals surface area contributed by atoms with E-state index in [9.17, 15) is 36.3 Å². The number of hydrogen-bond acceptors (Lipinski definition) is 14. The first-order valence-corrected chi connectivity index (χ1v) is 16.9. The number of aryl methyl sites for hydroxylation is 2. The number of halogens is 3. The van der Waals surface area contributed by atoms with Crippen LogP contribution < -0.4 is 4.18 Å². The number of aromatic hydroxyl groups is 1. The average Bonchev–Trinajstić information content (AvgIpc) is 3.62. The molecule has 0 amide bonds. The van der Waals surface area contributed by atoms with Crippen LogP contribution in [0.5, 0.6) is 11.5 Å². The molecule has 18 heteroatoms. The van der Waals surface area contributed by atoms with Gasteiger partial charge in [0.2, 0.25) is 0 Å². The van der Waals surface area contributed by atoms with Gasteiger partial charge in [0.15, 0.2) is 5.75 Å². The lowest BCUT2D eigenvalue weighted by Gasteiger charge is -2.15. The molecule has 0 fully saturated rings. The van der Waals surface area contributed by atoms with Gasteiger partial charge in [-0.3, -0.25) is 19.6 Å². The van der Waals surface area contributed by atoms with Crippen molar-refractivity contribution in [2.75, 3.05) is 13.2 Å². The van der Waals surface area contributed by atoms with Crippen LogP contribution >= 0.6 is 22.7 Å². The van der Waals surface area contributed by atoms with Gasteiger partial charge in [-0.2, -0.15) is 21.6 Å². The molecule has 1 N–H and O–H groups in total. The minimum absolute atomic E-state index is 0.0737. The lowest BCUT2D eigenvalue weighted by Crippen LogP contribution is -2.28. The van der Waals surface area contributed by atoms with Gasteiger partial charge in [-0.15, -0.1) is 22.7 Å². The minimum Gasteiger partial charge on any atom is -0.506 e. The molecule has 12 nitrogen and oxygen atoms in total. The van der Waals surface area contributed by atoms with Crippen LogP contribution in [0.3, 0.4) is 0 Å². The first kappa shape index (κ1) is 37.3. The molecule has 2 unspecified atom stereocenters. The summed E-state index contributed by atoms with van der Waals surface area (Å²) in [4.78, 5) is 41.8. The Hall–Kier alpha value is -4.16. The summed E-state index contributed by atoms with van der Waals surface area (Å²) in [7, 11) is -5.83. The lowest BCUT2D eigenvalue weighted by molar-refractivity contribution is -0.144. The standard InChI is InChI=1S/C15H15F3N2O5S2.C14H16N2O3S/c1-3-24-13(21)5-12(14-20-6-9(2)26-14)10-4-11(8-19-7-10)25-27(22,23)15(16,17)18;1-3-19-13(18)5-12(14-16-6-9(2)20-14)10-4-11(17)8-15-7-10/h4,6-8,12H,3,5H2,1-2H3;4,6-8,12,17H,3,5H2,1-2H3. The van der Waals surface area contributed by atoms with Gasteiger partial charge in [0, 0.05) is 46.4 Å². The molecule has 4 heterocycles. The fourth-order valence-electron chi connectivity index (χ4n) is 4.02. The van der Waals surface area contributed by atoms with Crippen LogP contribution in [0.25, 0.3) is 0 Å². The number of alkyl halides is 3. The molecule has 4 aromatic rings. The minimum atomic E-state index is -5.83. The van der Waals surface area contributed by atoms with E-state index in [0.29, 0.717) is 11.6 Å².